The van der Waals surface area contributed by atoms with E-state index in [0.717, 1.165) is 17.7 Å². The van der Waals surface area contributed by atoms with Gasteiger partial charge in [-0.3, -0.25) is 4.79 Å². The minimum atomic E-state index is 0.0884. The molecule has 0 aliphatic rings. The number of benzene rings is 1. The Morgan fingerprint density at radius 1 is 1.33 bits per heavy atom. The van der Waals surface area contributed by atoms with Gasteiger partial charge in [0.05, 0.1) is 11.9 Å². The Kier molecular flexibility index (Phi) is 4.12. The fraction of sp³-hybridized carbons (Fsp3) is 0.286. The summed E-state index contributed by atoms with van der Waals surface area (Å²) in [5.41, 5.74) is 2.16. The lowest BCUT2D eigenvalue weighted by Gasteiger charge is -2.01. The van der Waals surface area contributed by atoms with Crippen molar-refractivity contribution in [3.05, 3.63) is 48.3 Å². The van der Waals surface area contributed by atoms with Crippen molar-refractivity contribution >= 4 is 5.91 Å². The molecule has 0 atom stereocenters. The van der Waals surface area contributed by atoms with Crippen molar-refractivity contribution < 1.29 is 4.79 Å². The Balaban J connectivity index is 1.93. The van der Waals surface area contributed by atoms with E-state index in [-0.39, 0.29) is 5.91 Å². The van der Waals surface area contributed by atoms with Crippen LogP contribution in [0.3, 0.4) is 0 Å². The van der Waals surface area contributed by atoms with Crippen LogP contribution in [-0.2, 0) is 11.2 Å². The van der Waals surface area contributed by atoms with E-state index in [0.29, 0.717) is 13.0 Å². The Bertz CT molecular complexity index is 505. The van der Waals surface area contributed by atoms with Crippen molar-refractivity contribution in [3.8, 4) is 5.69 Å². The molecule has 0 unspecified atom stereocenters. The van der Waals surface area contributed by atoms with E-state index in [1.165, 1.54) is 0 Å². The fourth-order valence-corrected chi connectivity index (χ4v) is 1.68. The van der Waals surface area contributed by atoms with Gasteiger partial charge in [0.2, 0.25) is 5.91 Å². The lowest BCUT2D eigenvalue weighted by molar-refractivity contribution is -0.120. The lowest BCUT2D eigenvalue weighted by Crippen LogP contribution is -2.24. The molecule has 4 nitrogen and oxygen atoms in total. The second-order valence-electron chi connectivity index (χ2n) is 4.08. The van der Waals surface area contributed by atoms with E-state index in [4.69, 9.17) is 0 Å². The van der Waals surface area contributed by atoms with E-state index in [1.807, 2.05) is 54.3 Å². The number of carbonyl (C=O) groups excluding carboxylic acids is 1. The summed E-state index contributed by atoms with van der Waals surface area (Å²) in [7, 11) is 0. The highest BCUT2D eigenvalue weighted by Gasteiger charge is 2.01. The maximum atomic E-state index is 11.1. The van der Waals surface area contributed by atoms with Crippen LogP contribution < -0.4 is 5.32 Å². The number of para-hydroxylation sites is 1. The molecule has 1 N–H and O–H groups in total. The largest absolute Gasteiger partial charge is 0.356 e. The van der Waals surface area contributed by atoms with E-state index < -0.39 is 0 Å². The molecule has 1 amide bonds. The highest BCUT2D eigenvalue weighted by atomic mass is 16.1. The van der Waals surface area contributed by atoms with Gasteiger partial charge >= 0.3 is 0 Å². The van der Waals surface area contributed by atoms with Gasteiger partial charge in [-0.1, -0.05) is 25.1 Å². The first-order valence-corrected chi connectivity index (χ1v) is 6.15. The number of amides is 1. The minimum absolute atomic E-state index is 0.0884. The number of rotatable bonds is 5. The first-order valence-electron chi connectivity index (χ1n) is 6.15. The summed E-state index contributed by atoms with van der Waals surface area (Å²) in [6.45, 7) is 2.51. The highest BCUT2D eigenvalue weighted by molar-refractivity contribution is 5.75. The van der Waals surface area contributed by atoms with Crippen LogP contribution in [0, 0.1) is 0 Å². The average molecular weight is 243 g/mol. The summed E-state index contributed by atoms with van der Waals surface area (Å²) in [5.74, 6) is 0.0884. The minimum Gasteiger partial charge on any atom is -0.356 e. The molecule has 0 radical (unpaired) electrons. The zero-order valence-electron chi connectivity index (χ0n) is 10.5. The second kappa shape index (κ2) is 6.00. The summed E-state index contributed by atoms with van der Waals surface area (Å²) in [6, 6.07) is 9.97. The second-order valence-corrected chi connectivity index (χ2v) is 4.08. The van der Waals surface area contributed by atoms with Crippen LogP contribution in [0.1, 0.15) is 18.9 Å². The summed E-state index contributed by atoms with van der Waals surface area (Å²) in [5, 5.41) is 7.16. The maximum absolute atomic E-state index is 11.1. The van der Waals surface area contributed by atoms with Crippen LogP contribution in [0.5, 0.6) is 0 Å². The van der Waals surface area contributed by atoms with Gasteiger partial charge < -0.3 is 5.32 Å². The van der Waals surface area contributed by atoms with Crippen LogP contribution in [0.15, 0.2) is 42.7 Å². The fourth-order valence-electron chi connectivity index (χ4n) is 1.68. The number of nitrogens with zero attached hydrogens (tertiary/aromatic N) is 2. The molecule has 0 bridgehead atoms. The van der Waals surface area contributed by atoms with Crippen molar-refractivity contribution in [1.29, 1.82) is 0 Å². The Labute approximate surface area is 107 Å². The number of aromatic nitrogens is 2. The topological polar surface area (TPSA) is 46.9 Å². The Morgan fingerprint density at radius 2 is 2.11 bits per heavy atom. The van der Waals surface area contributed by atoms with Crippen molar-refractivity contribution in [2.45, 2.75) is 19.8 Å². The molecule has 2 rings (SSSR count). The van der Waals surface area contributed by atoms with Crippen molar-refractivity contribution in [2.24, 2.45) is 0 Å². The van der Waals surface area contributed by atoms with Gasteiger partial charge in [-0.15, -0.1) is 0 Å². The van der Waals surface area contributed by atoms with Gasteiger partial charge in [-0.2, -0.15) is 5.10 Å². The first-order chi connectivity index (χ1) is 8.79. The summed E-state index contributed by atoms with van der Waals surface area (Å²) >= 11 is 0. The quantitative estimate of drug-likeness (QED) is 0.872. The zero-order valence-corrected chi connectivity index (χ0v) is 10.5. The van der Waals surface area contributed by atoms with Crippen LogP contribution in [0.25, 0.3) is 5.69 Å². The third-order valence-corrected chi connectivity index (χ3v) is 2.71. The Hall–Kier alpha value is -2.10. The molecule has 1 aromatic heterocycles. The summed E-state index contributed by atoms with van der Waals surface area (Å²) in [6.07, 6.45) is 5.17. The molecule has 0 spiro atoms. The van der Waals surface area contributed by atoms with Crippen LogP contribution in [-0.4, -0.2) is 22.2 Å². The molecule has 0 saturated carbocycles. The van der Waals surface area contributed by atoms with Crippen LogP contribution in [0.2, 0.25) is 0 Å². The number of hydrogen-bond acceptors (Lipinski definition) is 2. The lowest BCUT2D eigenvalue weighted by atomic mass is 10.2. The average Bonchev–Trinajstić information content (AvgIpc) is 2.88. The molecule has 18 heavy (non-hydrogen) atoms. The van der Waals surface area contributed by atoms with Crippen molar-refractivity contribution in [2.75, 3.05) is 6.54 Å². The number of nitrogens with one attached hydrogen (secondary N) is 1. The molecule has 2 aromatic rings. The summed E-state index contributed by atoms with van der Waals surface area (Å²) < 4.78 is 1.84. The molecule has 94 valence electrons. The van der Waals surface area contributed by atoms with Gasteiger partial charge in [-0.05, 0) is 24.1 Å². The smallest absolute Gasteiger partial charge is 0.219 e. The number of carbonyl (C=O) groups is 1. The highest BCUT2D eigenvalue weighted by Crippen LogP contribution is 2.07. The maximum Gasteiger partial charge on any atom is 0.219 e. The molecule has 0 saturated heterocycles. The van der Waals surface area contributed by atoms with Gasteiger partial charge in [0.25, 0.3) is 0 Å². The first kappa shape index (κ1) is 12.4. The van der Waals surface area contributed by atoms with Crippen LogP contribution in [0.4, 0.5) is 0 Å². The molecule has 1 aromatic carbocycles. The molecule has 0 fully saturated rings. The molecule has 0 aliphatic heterocycles. The third-order valence-electron chi connectivity index (χ3n) is 2.71. The van der Waals surface area contributed by atoms with Crippen molar-refractivity contribution in [3.63, 3.8) is 0 Å². The predicted octanol–water partition coefficient (Wildman–Crippen LogP) is 1.94. The molecule has 4 heteroatoms. The Morgan fingerprint density at radius 3 is 2.83 bits per heavy atom. The SMILES string of the molecule is CCC(=O)NCCc1cnn(-c2ccccc2)c1. The van der Waals surface area contributed by atoms with Crippen LogP contribution >= 0.6 is 0 Å². The van der Waals surface area contributed by atoms with Gasteiger partial charge in [-0.25, -0.2) is 4.68 Å². The molecular formula is C14H17N3O. The number of hydrogen-bond donors (Lipinski definition) is 1. The van der Waals surface area contributed by atoms with Gasteiger partial charge in [0.15, 0.2) is 0 Å². The molecular weight excluding hydrogens is 226 g/mol. The van der Waals surface area contributed by atoms with E-state index in [2.05, 4.69) is 10.4 Å². The zero-order chi connectivity index (χ0) is 12.8. The molecule has 1 heterocycles. The standard InChI is InChI=1S/C14H17N3O/c1-2-14(18)15-9-8-12-10-16-17(11-12)13-6-4-3-5-7-13/h3-7,10-11H,2,8-9H2,1H3,(H,15,18). The van der Waals surface area contributed by atoms with E-state index in [9.17, 15) is 4.79 Å². The van der Waals surface area contributed by atoms with E-state index in [1.54, 1.807) is 0 Å². The third kappa shape index (κ3) is 3.20. The van der Waals surface area contributed by atoms with E-state index >= 15 is 0 Å². The monoisotopic (exact) mass is 243 g/mol. The van der Waals surface area contributed by atoms with Crippen molar-refractivity contribution in [1.82, 2.24) is 15.1 Å². The van der Waals surface area contributed by atoms with Gasteiger partial charge in [0.1, 0.15) is 0 Å². The summed E-state index contributed by atoms with van der Waals surface area (Å²) in [4.78, 5) is 11.1. The predicted molar refractivity (Wildman–Crippen MR) is 70.6 cm³/mol. The molecule has 0 aliphatic carbocycles. The van der Waals surface area contributed by atoms with Gasteiger partial charge in [0, 0.05) is 19.2 Å². The normalized spacial score (nSPS) is 10.3.